The standard InChI is InChI=1S/C55H67N15O12/c1-10-69-40(25-33(3)63-69)50(75)61-52-59-38-27-35(48(56)73)29-42(80-23-15-14-19-65-32-37(31-58-65)66(22-18-45(72)79-9)54(77)82-55(5,6)7)46(38)67(52)20-12-13-21-68-47-39(60-53(68)62-51(76)41-26-34(4)64-70(41)11-2)28-36(49(57)74)30-43(47)81-24-16-17-44(71)78-8/h12-15,25-32H,10-11,16-24H2,1-9H3,(H2,56,73)(H2,57,74)(H,59,61,75)(H,60,62,76)/b13-12+,15-14+. The Balaban J connectivity index is 1.23. The number of imidazole rings is 2. The van der Waals surface area contributed by atoms with E-state index >= 15 is 0 Å². The molecule has 7 rings (SSSR count). The largest absolute Gasteiger partial charge is 0.491 e. The summed E-state index contributed by atoms with van der Waals surface area (Å²) in [5.41, 5.74) is 14.5. The number of methoxy groups -OCH3 is 2. The van der Waals surface area contributed by atoms with Crippen molar-refractivity contribution in [3.05, 3.63) is 107 Å². The second kappa shape index (κ2) is 26.4. The number of carbonyl (C=O) groups is 7. The highest BCUT2D eigenvalue weighted by Gasteiger charge is 2.27. The molecular formula is C55H67N15O12. The molecule has 0 fully saturated rings. The number of hydrogen-bond donors (Lipinski definition) is 4. The summed E-state index contributed by atoms with van der Waals surface area (Å²) < 4.78 is 35.8. The van der Waals surface area contributed by atoms with Crippen molar-refractivity contribution in [2.24, 2.45) is 11.5 Å². The fraction of sp³-hybridized carbons (Fsp3) is 0.382. The van der Waals surface area contributed by atoms with Crippen molar-refractivity contribution in [1.82, 2.24) is 48.4 Å². The third-order valence-electron chi connectivity index (χ3n) is 12.4. The second-order valence-electron chi connectivity index (χ2n) is 19.5. The highest BCUT2D eigenvalue weighted by atomic mass is 16.6. The van der Waals surface area contributed by atoms with Crippen molar-refractivity contribution in [2.45, 2.75) is 106 Å². The number of rotatable bonds is 26. The molecule has 7 aromatic rings. The third-order valence-corrected chi connectivity index (χ3v) is 12.4. The lowest BCUT2D eigenvalue weighted by atomic mass is 10.1. The summed E-state index contributed by atoms with van der Waals surface area (Å²) in [7, 11) is 2.55. The topological polar surface area (TPSA) is 334 Å². The maximum atomic E-state index is 14.1. The third kappa shape index (κ3) is 14.7. The molecule has 0 aliphatic carbocycles. The molecule has 0 atom stereocenters. The van der Waals surface area contributed by atoms with E-state index in [0.29, 0.717) is 41.2 Å². The smallest absolute Gasteiger partial charge is 0.414 e. The van der Waals surface area contributed by atoms with Crippen LogP contribution in [-0.4, -0.2) is 130 Å². The molecule has 0 saturated carbocycles. The molecule has 5 aromatic heterocycles. The van der Waals surface area contributed by atoms with Crippen LogP contribution in [0.3, 0.4) is 0 Å². The number of allylic oxidation sites excluding steroid dienone is 3. The molecule has 434 valence electrons. The van der Waals surface area contributed by atoms with Gasteiger partial charge in [-0.1, -0.05) is 18.2 Å². The molecule has 2 aromatic carbocycles. The number of primary amides is 2. The highest BCUT2D eigenvalue weighted by molar-refractivity contribution is 6.05. The summed E-state index contributed by atoms with van der Waals surface area (Å²) in [6.07, 6.45) is 9.76. The molecule has 5 amide bonds. The molecule has 27 nitrogen and oxygen atoms in total. The SMILES string of the molecule is CCn1nc(C)cc1C(=O)Nc1nc2cc(C(N)=O)cc(OC/C=C/Cn3cc(N(CCC(=O)OC)C(=O)OC(C)(C)C)cn3)c2n1C/C=C/Cn1c(NC(=O)c2cc(C)nn2CC)nc2cc(C(N)=O)cc(OCCCC(=O)OC)c21. The Bertz CT molecular complexity index is 3590. The molecule has 0 bridgehead atoms. The number of nitrogens with zero attached hydrogens (tertiary/aromatic N) is 11. The molecule has 6 N–H and O–H groups in total. The number of nitrogens with one attached hydrogen (secondary N) is 2. The van der Waals surface area contributed by atoms with Crippen molar-refractivity contribution < 1.29 is 57.2 Å². The van der Waals surface area contributed by atoms with Crippen LogP contribution in [0.2, 0.25) is 0 Å². The number of esters is 2. The number of aromatic nitrogens is 10. The van der Waals surface area contributed by atoms with Crippen LogP contribution in [0.1, 0.15) is 107 Å². The lowest BCUT2D eigenvalue weighted by molar-refractivity contribution is -0.141. The van der Waals surface area contributed by atoms with Crippen LogP contribution in [0.15, 0.2) is 73.1 Å². The number of anilines is 3. The average molecular weight is 1130 g/mol. The predicted molar refractivity (Wildman–Crippen MR) is 301 cm³/mol. The van der Waals surface area contributed by atoms with Crippen LogP contribution in [0, 0.1) is 13.8 Å². The first kappa shape index (κ1) is 59.8. The maximum absolute atomic E-state index is 14.1. The lowest BCUT2D eigenvalue weighted by Gasteiger charge is -2.26. The number of benzene rings is 2. The number of aryl methyl sites for hydroxylation is 4. The number of hydrogen-bond acceptors (Lipinski definition) is 17. The minimum absolute atomic E-state index is 0.00914. The maximum Gasteiger partial charge on any atom is 0.414 e. The predicted octanol–water partition coefficient (Wildman–Crippen LogP) is 5.86. The van der Waals surface area contributed by atoms with Gasteiger partial charge in [0.2, 0.25) is 23.7 Å². The first-order valence-electron chi connectivity index (χ1n) is 26.2. The molecule has 27 heteroatoms. The number of ether oxygens (including phenoxy) is 5. The molecular weight excluding hydrogens is 1060 g/mol. The first-order chi connectivity index (χ1) is 39.1. The quantitative estimate of drug-likeness (QED) is 0.0213. The van der Waals surface area contributed by atoms with Gasteiger partial charge in [0.15, 0.2) is 0 Å². The summed E-state index contributed by atoms with van der Waals surface area (Å²) in [6, 6.07) is 9.22. The van der Waals surface area contributed by atoms with E-state index in [-0.39, 0.29) is 116 Å². The summed E-state index contributed by atoms with van der Waals surface area (Å²) in [6.45, 7) is 13.6. The Kier molecular flexibility index (Phi) is 19.3. The van der Waals surface area contributed by atoms with E-state index in [2.05, 4.69) is 25.9 Å². The van der Waals surface area contributed by atoms with Gasteiger partial charge in [-0.3, -0.25) is 58.3 Å². The van der Waals surface area contributed by atoms with Gasteiger partial charge in [0.05, 0.1) is 68.1 Å². The van der Waals surface area contributed by atoms with E-state index in [4.69, 9.17) is 45.1 Å². The minimum atomic E-state index is -0.800. The normalized spacial score (nSPS) is 11.6. The lowest BCUT2D eigenvalue weighted by Crippen LogP contribution is -2.38. The number of amides is 5. The van der Waals surface area contributed by atoms with E-state index in [1.165, 1.54) is 49.6 Å². The van der Waals surface area contributed by atoms with Gasteiger partial charge < -0.3 is 44.3 Å². The number of carbonyl (C=O) groups excluding carboxylic acids is 7. The highest BCUT2D eigenvalue weighted by Crippen LogP contribution is 2.34. The average Bonchev–Trinajstić information content (AvgIpc) is 4.18. The van der Waals surface area contributed by atoms with Gasteiger partial charge in [-0.05, 0) is 97.4 Å². The van der Waals surface area contributed by atoms with Crippen LogP contribution in [0.4, 0.5) is 22.4 Å². The van der Waals surface area contributed by atoms with Crippen molar-refractivity contribution in [1.29, 1.82) is 0 Å². The molecule has 0 radical (unpaired) electrons. The minimum Gasteiger partial charge on any atom is -0.491 e. The van der Waals surface area contributed by atoms with Gasteiger partial charge in [0.25, 0.3) is 11.8 Å². The summed E-state index contributed by atoms with van der Waals surface area (Å²) in [5.74, 6) is -2.89. The monoisotopic (exact) mass is 1130 g/mol. The zero-order valence-electron chi connectivity index (χ0n) is 47.2. The Labute approximate surface area is 471 Å². The van der Waals surface area contributed by atoms with E-state index in [0.717, 1.165) is 0 Å². The molecule has 0 spiro atoms. The summed E-state index contributed by atoms with van der Waals surface area (Å²) in [4.78, 5) is 101. The van der Waals surface area contributed by atoms with Crippen LogP contribution >= 0.6 is 0 Å². The molecule has 5 heterocycles. The van der Waals surface area contributed by atoms with Crippen molar-refractivity contribution in [3.8, 4) is 11.5 Å². The Morgan fingerprint density at radius 1 is 0.671 bits per heavy atom. The molecule has 0 saturated heterocycles. The number of fused-ring (bicyclic) bond motifs is 2. The van der Waals surface area contributed by atoms with Crippen LogP contribution in [0.5, 0.6) is 11.5 Å². The van der Waals surface area contributed by atoms with Crippen LogP contribution in [-0.2, 0) is 56.5 Å². The van der Waals surface area contributed by atoms with E-state index in [9.17, 15) is 33.6 Å². The van der Waals surface area contributed by atoms with E-state index < -0.39 is 47.3 Å². The van der Waals surface area contributed by atoms with Crippen molar-refractivity contribution >= 4 is 81.3 Å². The van der Waals surface area contributed by atoms with Crippen LogP contribution < -0.4 is 36.5 Å². The first-order valence-corrected chi connectivity index (χ1v) is 26.2. The van der Waals surface area contributed by atoms with Gasteiger partial charge in [0, 0.05) is 56.5 Å². The van der Waals surface area contributed by atoms with Crippen molar-refractivity contribution in [2.75, 3.05) is 49.5 Å². The molecule has 0 aliphatic rings. The fourth-order valence-corrected chi connectivity index (χ4v) is 8.57. The fourth-order valence-electron chi connectivity index (χ4n) is 8.57. The Morgan fingerprint density at radius 3 is 1.66 bits per heavy atom. The Morgan fingerprint density at radius 2 is 1.17 bits per heavy atom. The number of nitrogens with two attached hydrogens (primary N) is 2. The van der Waals surface area contributed by atoms with Gasteiger partial charge in [-0.25, -0.2) is 14.8 Å². The molecule has 0 unspecified atom stereocenters. The second-order valence-corrected chi connectivity index (χ2v) is 19.5. The van der Waals surface area contributed by atoms with Crippen LogP contribution in [0.25, 0.3) is 22.1 Å². The zero-order chi connectivity index (χ0) is 59.4. The van der Waals surface area contributed by atoms with E-state index in [1.54, 1.807) is 100 Å². The zero-order valence-corrected chi connectivity index (χ0v) is 47.2. The van der Waals surface area contributed by atoms with Gasteiger partial charge in [-0.15, -0.1) is 0 Å². The summed E-state index contributed by atoms with van der Waals surface area (Å²) in [5, 5.41) is 19.1. The summed E-state index contributed by atoms with van der Waals surface area (Å²) >= 11 is 0. The molecule has 0 aliphatic heterocycles. The van der Waals surface area contributed by atoms with Crippen molar-refractivity contribution in [3.63, 3.8) is 0 Å². The van der Waals surface area contributed by atoms with Gasteiger partial charge in [0.1, 0.15) is 46.1 Å². The van der Waals surface area contributed by atoms with Gasteiger partial charge >= 0.3 is 18.0 Å². The molecule has 82 heavy (non-hydrogen) atoms. The van der Waals surface area contributed by atoms with E-state index in [1.807, 2.05) is 13.8 Å². The van der Waals surface area contributed by atoms with Gasteiger partial charge in [-0.2, -0.15) is 15.3 Å². The Hall–Kier alpha value is -9.82.